The normalized spacial score (nSPS) is 14.0. The number of benzene rings is 2. The van der Waals surface area contributed by atoms with E-state index in [1.54, 1.807) is 24.3 Å². The van der Waals surface area contributed by atoms with Crippen molar-refractivity contribution >= 4 is 28.6 Å². The highest BCUT2D eigenvalue weighted by Crippen LogP contribution is 2.37. The molecule has 208 valence electrons. The van der Waals surface area contributed by atoms with Crippen LogP contribution in [0.15, 0.2) is 51.7 Å². The van der Waals surface area contributed by atoms with E-state index in [1.807, 2.05) is 6.92 Å². The van der Waals surface area contributed by atoms with E-state index in [9.17, 15) is 27.6 Å². The number of fused-ring (bicyclic) bond motifs is 1. The second kappa shape index (κ2) is 11.8. The maximum atomic E-state index is 13.5. The summed E-state index contributed by atoms with van der Waals surface area (Å²) in [5.41, 5.74) is -1.21. The molecular weight excluding hydrogens is 517 g/mol. The summed E-state index contributed by atoms with van der Waals surface area (Å²) in [5, 5.41) is -0.180. The Morgan fingerprint density at radius 1 is 1.03 bits per heavy atom. The lowest BCUT2D eigenvalue weighted by Crippen LogP contribution is -2.33. The van der Waals surface area contributed by atoms with Gasteiger partial charge < -0.3 is 13.9 Å². The van der Waals surface area contributed by atoms with Crippen molar-refractivity contribution < 1.29 is 36.7 Å². The first-order chi connectivity index (χ1) is 18.6. The molecule has 0 bridgehead atoms. The Labute approximate surface area is 222 Å². The Hall–Kier alpha value is -4.02. The Kier molecular flexibility index (Phi) is 8.47. The molecule has 0 N–H and O–H groups in total. The molecule has 0 atom stereocenters. The molecule has 0 saturated carbocycles. The number of halogens is 3. The number of nitrogens with zero attached hydrogens (tertiary/aromatic N) is 2. The van der Waals surface area contributed by atoms with Crippen molar-refractivity contribution in [2.24, 2.45) is 0 Å². The van der Waals surface area contributed by atoms with Crippen LogP contribution in [-0.2, 0) is 17.4 Å². The average Bonchev–Trinajstić information content (AvgIpc) is 3.19. The van der Waals surface area contributed by atoms with Gasteiger partial charge in [0.05, 0.1) is 19.3 Å². The molecule has 0 unspecified atom stereocenters. The number of methoxy groups -OCH3 is 1. The van der Waals surface area contributed by atoms with E-state index in [0.717, 1.165) is 0 Å². The summed E-state index contributed by atoms with van der Waals surface area (Å²) in [6.45, 7) is 2.36. The summed E-state index contributed by atoms with van der Waals surface area (Å²) in [6, 6.07) is 9.74. The average molecular weight is 547 g/mol. The van der Waals surface area contributed by atoms with Gasteiger partial charge in [0.1, 0.15) is 23.6 Å². The SMILES string of the molecule is CCCc1c(OCCCCCN2C(=O)CN(c3cccc(OC)c3)C2=O)ccc2c(C(F)(F)F)cc(=O)oc12. The summed E-state index contributed by atoms with van der Waals surface area (Å²) in [7, 11) is 1.53. The lowest BCUT2D eigenvalue weighted by atomic mass is 10.0. The zero-order valence-electron chi connectivity index (χ0n) is 21.7. The minimum absolute atomic E-state index is 0.0382. The fourth-order valence-corrected chi connectivity index (χ4v) is 4.59. The molecule has 1 fully saturated rings. The lowest BCUT2D eigenvalue weighted by molar-refractivity contribution is -0.136. The van der Waals surface area contributed by atoms with E-state index in [4.69, 9.17) is 13.9 Å². The summed E-state index contributed by atoms with van der Waals surface area (Å²) < 4.78 is 56.6. The van der Waals surface area contributed by atoms with E-state index in [0.29, 0.717) is 60.9 Å². The number of rotatable bonds is 11. The number of carbonyl (C=O) groups excluding carboxylic acids is 2. The number of anilines is 1. The van der Waals surface area contributed by atoms with E-state index >= 15 is 0 Å². The zero-order chi connectivity index (χ0) is 28.2. The first-order valence-corrected chi connectivity index (χ1v) is 12.7. The molecular formula is C28H29F3N2O6. The molecule has 3 aromatic rings. The van der Waals surface area contributed by atoms with Gasteiger partial charge in [0.2, 0.25) is 0 Å². The summed E-state index contributed by atoms with van der Waals surface area (Å²) in [6.07, 6.45) is -1.90. The van der Waals surface area contributed by atoms with Gasteiger partial charge in [-0.25, -0.2) is 9.59 Å². The molecule has 2 heterocycles. The van der Waals surface area contributed by atoms with Gasteiger partial charge in [-0.15, -0.1) is 0 Å². The summed E-state index contributed by atoms with van der Waals surface area (Å²) in [4.78, 5) is 39.8. The standard InChI is InChI=1S/C28H29F3N2O6/c1-3-8-21-23(12-11-20-22(28(29,30)31)16-25(35)39-26(20)21)38-14-6-4-5-13-32-24(34)17-33(27(32)36)18-9-7-10-19(15-18)37-2/h7,9-12,15-16H,3-6,8,13-14,17H2,1-2H3. The zero-order valence-corrected chi connectivity index (χ0v) is 21.7. The van der Waals surface area contributed by atoms with Crippen LogP contribution in [-0.4, -0.2) is 43.6 Å². The fraction of sp³-hybridized carbons (Fsp3) is 0.393. The number of alkyl halides is 3. The molecule has 1 aliphatic rings. The van der Waals surface area contributed by atoms with Gasteiger partial charge in [-0.3, -0.25) is 14.6 Å². The second-order valence-electron chi connectivity index (χ2n) is 9.17. The van der Waals surface area contributed by atoms with Crippen LogP contribution in [0.3, 0.4) is 0 Å². The molecule has 1 aliphatic heterocycles. The molecule has 0 aliphatic carbocycles. The summed E-state index contributed by atoms with van der Waals surface area (Å²) in [5.74, 6) is 0.674. The van der Waals surface area contributed by atoms with Crippen LogP contribution in [0.5, 0.6) is 11.5 Å². The number of carbonyl (C=O) groups is 2. The molecule has 4 rings (SSSR count). The fourth-order valence-electron chi connectivity index (χ4n) is 4.59. The van der Waals surface area contributed by atoms with Gasteiger partial charge >= 0.3 is 17.8 Å². The van der Waals surface area contributed by atoms with E-state index in [-0.39, 0.29) is 42.6 Å². The van der Waals surface area contributed by atoms with Gasteiger partial charge in [-0.1, -0.05) is 19.4 Å². The molecule has 0 spiro atoms. The quantitative estimate of drug-likeness (QED) is 0.172. The van der Waals surface area contributed by atoms with Crippen LogP contribution in [0.1, 0.15) is 43.7 Å². The molecule has 8 nitrogen and oxygen atoms in total. The highest BCUT2D eigenvalue weighted by atomic mass is 19.4. The summed E-state index contributed by atoms with van der Waals surface area (Å²) >= 11 is 0. The third-order valence-electron chi connectivity index (χ3n) is 6.48. The number of urea groups is 1. The van der Waals surface area contributed by atoms with Gasteiger partial charge in [-0.05, 0) is 49.9 Å². The van der Waals surface area contributed by atoms with Crippen molar-refractivity contribution in [2.75, 3.05) is 31.7 Å². The number of ether oxygens (including phenoxy) is 2. The van der Waals surface area contributed by atoms with Gasteiger partial charge in [0.15, 0.2) is 0 Å². The number of aryl methyl sites for hydroxylation is 1. The molecule has 1 aromatic heterocycles. The van der Waals surface area contributed by atoms with Gasteiger partial charge in [0, 0.05) is 35.3 Å². The minimum Gasteiger partial charge on any atom is -0.497 e. The van der Waals surface area contributed by atoms with E-state index in [1.165, 1.54) is 29.0 Å². The maximum Gasteiger partial charge on any atom is 0.417 e. The topological polar surface area (TPSA) is 89.3 Å². The number of unbranched alkanes of at least 4 members (excludes halogenated alkanes) is 2. The van der Waals surface area contributed by atoms with Crippen LogP contribution in [0.2, 0.25) is 0 Å². The monoisotopic (exact) mass is 546 g/mol. The minimum atomic E-state index is -4.69. The van der Waals surface area contributed by atoms with Crippen LogP contribution in [0, 0.1) is 0 Å². The highest BCUT2D eigenvalue weighted by molar-refractivity contribution is 6.12. The van der Waals surface area contributed by atoms with Crippen LogP contribution in [0.25, 0.3) is 11.0 Å². The van der Waals surface area contributed by atoms with Crippen molar-refractivity contribution in [3.05, 3.63) is 64.0 Å². The predicted molar refractivity (Wildman–Crippen MR) is 138 cm³/mol. The highest BCUT2D eigenvalue weighted by Gasteiger charge is 2.37. The second-order valence-corrected chi connectivity index (χ2v) is 9.17. The number of hydrogen-bond acceptors (Lipinski definition) is 6. The Balaban J connectivity index is 1.34. The van der Waals surface area contributed by atoms with Crippen molar-refractivity contribution in [1.82, 2.24) is 4.90 Å². The molecule has 3 amide bonds. The van der Waals surface area contributed by atoms with Crippen molar-refractivity contribution in [3.8, 4) is 11.5 Å². The van der Waals surface area contributed by atoms with E-state index < -0.39 is 17.4 Å². The van der Waals surface area contributed by atoms with E-state index in [2.05, 4.69) is 0 Å². The molecule has 11 heteroatoms. The first-order valence-electron chi connectivity index (χ1n) is 12.7. The number of amides is 3. The third kappa shape index (κ3) is 6.18. The first kappa shape index (κ1) is 28.0. The van der Waals surface area contributed by atoms with Crippen molar-refractivity contribution in [2.45, 2.75) is 45.2 Å². The van der Waals surface area contributed by atoms with Crippen molar-refractivity contribution in [3.63, 3.8) is 0 Å². The predicted octanol–water partition coefficient (Wildman–Crippen LogP) is 5.79. The number of hydrogen-bond donors (Lipinski definition) is 0. The van der Waals surface area contributed by atoms with Crippen molar-refractivity contribution in [1.29, 1.82) is 0 Å². The molecule has 1 saturated heterocycles. The molecule has 2 aromatic carbocycles. The number of imide groups is 1. The van der Waals surface area contributed by atoms with Crippen LogP contribution >= 0.6 is 0 Å². The van der Waals surface area contributed by atoms with Gasteiger partial charge in [-0.2, -0.15) is 13.2 Å². The largest absolute Gasteiger partial charge is 0.497 e. The molecule has 39 heavy (non-hydrogen) atoms. The van der Waals surface area contributed by atoms with Gasteiger partial charge in [0.25, 0.3) is 5.91 Å². The van der Waals surface area contributed by atoms with Crippen LogP contribution < -0.4 is 20.0 Å². The maximum absolute atomic E-state index is 13.5. The lowest BCUT2D eigenvalue weighted by Gasteiger charge is -2.18. The Bertz CT molecular complexity index is 1420. The Morgan fingerprint density at radius 3 is 2.54 bits per heavy atom. The molecule has 0 radical (unpaired) electrons. The van der Waals surface area contributed by atoms with Crippen LogP contribution in [0.4, 0.5) is 23.7 Å². The third-order valence-corrected chi connectivity index (χ3v) is 6.48. The smallest absolute Gasteiger partial charge is 0.417 e. The Morgan fingerprint density at radius 2 is 1.82 bits per heavy atom.